The molecule has 0 aliphatic carbocycles. The quantitative estimate of drug-likeness (QED) is 0.816. The molecule has 0 unspecified atom stereocenters. The molecule has 3 rings (SSSR count). The van der Waals surface area contributed by atoms with Crippen LogP contribution >= 0.6 is 0 Å². The second kappa shape index (κ2) is 5.68. The highest BCUT2D eigenvalue weighted by molar-refractivity contribution is 6.07. The van der Waals surface area contributed by atoms with Crippen LogP contribution in [0.5, 0.6) is 0 Å². The average molecular weight is 283 g/mol. The lowest BCUT2D eigenvalue weighted by atomic mass is 9.96. The van der Waals surface area contributed by atoms with E-state index in [0.717, 1.165) is 24.9 Å². The van der Waals surface area contributed by atoms with E-state index in [2.05, 4.69) is 19.1 Å². The standard InChI is InChI=1S/C18H18FNO/c1-2-13-6-3-7-14-9-5-11-20(17(13)14)18(21)15-8-4-10-16(19)12-15/h3-4,6-8,10,12H,2,5,9,11H2,1H3. The molecule has 2 aromatic rings. The molecule has 0 fully saturated rings. The van der Waals surface area contributed by atoms with E-state index in [1.54, 1.807) is 12.1 Å². The molecule has 1 amide bonds. The van der Waals surface area contributed by atoms with Crippen molar-refractivity contribution in [3.8, 4) is 0 Å². The van der Waals surface area contributed by atoms with E-state index in [1.807, 2.05) is 11.0 Å². The van der Waals surface area contributed by atoms with Crippen molar-refractivity contribution in [1.82, 2.24) is 0 Å². The molecule has 0 saturated heterocycles. The minimum atomic E-state index is -0.373. The first-order valence-electron chi connectivity index (χ1n) is 7.39. The van der Waals surface area contributed by atoms with Gasteiger partial charge in [0.1, 0.15) is 5.82 Å². The van der Waals surface area contributed by atoms with Gasteiger partial charge in [0.05, 0.1) is 5.69 Å². The number of aryl methyl sites for hydroxylation is 2. The Labute approximate surface area is 124 Å². The van der Waals surface area contributed by atoms with E-state index in [9.17, 15) is 9.18 Å². The van der Waals surface area contributed by atoms with Gasteiger partial charge < -0.3 is 4.90 Å². The third-order valence-corrected chi connectivity index (χ3v) is 4.00. The number of fused-ring (bicyclic) bond motifs is 1. The van der Waals surface area contributed by atoms with Crippen LogP contribution in [0.3, 0.4) is 0 Å². The summed E-state index contributed by atoms with van der Waals surface area (Å²) in [6, 6.07) is 12.1. The third-order valence-electron chi connectivity index (χ3n) is 4.00. The number of para-hydroxylation sites is 1. The van der Waals surface area contributed by atoms with E-state index in [1.165, 1.54) is 23.3 Å². The summed E-state index contributed by atoms with van der Waals surface area (Å²) >= 11 is 0. The molecule has 0 bridgehead atoms. The Morgan fingerprint density at radius 2 is 2.05 bits per heavy atom. The van der Waals surface area contributed by atoms with Gasteiger partial charge in [0.25, 0.3) is 5.91 Å². The fourth-order valence-corrected chi connectivity index (χ4v) is 3.00. The maximum Gasteiger partial charge on any atom is 0.258 e. The van der Waals surface area contributed by atoms with Crippen molar-refractivity contribution in [3.63, 3.8) is 0 Å². The number of nitrogens with zero attached hydrogens (tertiary/aromatic N) is 1. The Balaban J connectivity index is 2.04. The number of halogens is 1. The minimum absolute atomic E-state index is 0.114. The molecular weight excluding hydrogens is 265 g/mol. The van der Waals surface area contributed by atoms with Crippen molar-refractivity contribution in [1.29, 1.82) is 0 Å². The summed E-state index contributed by atoms with van der Waals surface area (Å²) in [4.78, 5) is 14.6. The van der Waals surface area contributed by atoms with E-state index >= 15 is 0 Å². The molecule has 0 spiro atoms. The lowest BCUT2D eigenvalue weighted by molar-refractivity contribution is 0.0984. The molecule has 108 valence electrons. The molecule has 1 aliphatic heterocycles. The fraction of sp³-hybridized carbons (Fsp3) is 0.278. The summed E-state index contributed by atoms with van der Waals surface area (Å²) in [7, 11) is 0. The number of hydrogen-bond donors (Lipinski definition) is 0. The number of carbonyl (C=O) groups is 1. The second-order valence-corrected chi connectivity index (χ2v) is 5.35. The van der Waals surface area contributed by atoms with Gasteiger partial charge in [-0.15, -0.1) is 0 Å². The van der Waals surface area contributed by atoms with Gasteiger partial charge in [-0.2, -0.15) is 0 Å². The average Bonchev–Trinajstić information content (AvgIpc) is 2.53. The Morgan fingerprint density at radius 1 is 1.24 bits per heavy atom. The zero-order valence-corrected chi connectivity index (χ0v) is 12.1. The van der Waals surface area contributed by atoms with Crippen LogP contribution in [0.4, 0.5) is 10.1 Å². The van der Waals surface area contributed by atoms with Crippen molar-refractivity contribution in [2.75, 3.05) is 11.4 Å². The van der Waals surface area contributed by atoms with Gasteiger partial charge >= 0.3 is 0 Å². The van der Waals surface area contributed by atoms with Gasteiger partial charge in [0.2, 0.25) is 0 Å². The van der Waals surface area contributed by atoms with Crippen LogP contribution in [0.2, 0.25) is 0 Å². The SMILES string of the molecule is CCc1cccc2c1N(C(=O)c1cccc(F)c1)CCC2. The number of rotatable bonds is 2. The summed E-state index contributed by atoms with van der Waals surface area (Å²) in [5.41, 5.74) is 3.83. The zero-order chi connectivity index (χ0) is 14.8. The maximum atomic E-state index is 13.4. The summed E-state index contributed by atoms with van der Waals surface area (Å²) in [6.07, 6.45) is 2.83. The smallest absolute Gasteiger partial charge is 0.258 e. The van der Waals surface area contributed by atoms with Gasteiger partial charge in [0.15, 0.2) is 0 Å². The maximum absolute atomic E-state index is 13.4. The van der Waals surface area contributed by atoms with Crippen molar-refractivity contribution >= 4 is 11.6 Å². The first-order valence-corrected chi connectivity index (χ1v) is 7.39. The van der Waals surface area contributed by atoms with Crippen molar-refractivity contribution in [2.24, 2.45) is 0 Å². The normalized spacial score (nSPS) is 13.9. The largest absolute Gasteiger partial charge is 0.308 e. The molecule has 21 heavy (non-hydrogen) atoms. The van der Waals surface area contributed by atoms with Gasteiger partial charge in [-0.3, -0.25) is 4.79 Å². The first kappa shape index (κ1) is 13.8. The van der Waals surface area contributed by atoms with Crippen LogP contribution in [0.1, 0.15) is 34.8 Å². The fourth-order valence-electron chi connectivity index (χ4n) is 3.00. The topological polar surface area (TPSA) is 20.3 Å². The highest BCUT2D eigenvalue weighted by Gasteiger charge is 2.25. The molecule has 1 aliphatic rings. The number of carbonyl (C=O) groups excluding carboxylic acids is 1. The number of hydrogen-bond acceptors (Lipinski definition) is 1. The van der Waals surface area contributed by atoms with Crippen LogP contribution in [0.15, 0.2) is 42.5 Å². The molecule has 3 heteroatoms. The van der Waals surface area contributed by atoms with Crippen LogP contribution in [-0.2, 0) is 12.8 Å². The van der Waals surface area contributed by atoms with E-state index in [0.29, 0.717) is 12.1 Å². The molecule has 0 aromatic heterocycles. The van der Waals surface area contributed by atoms with Crippen molar-refractivity contribution in [2.45, 2.75) is 26.2 Å². The van der Waals surface area contributed by atoms with E-state index < -0.39 is 0 Å². The Hall–Kier alpha value is -2.16. The zero-order valence-electron chi connectivity index (χ0n) is 12.1. The monoisotopic (exact) mass is 283 g/mol. The predicted molar refractivity (Wildman–Crippen MR) is 82.2 cm³/mol. The highest BCUT2D eigenvalue weighted by Crippen LogP contribution is 2.32. The lowest BCUT2D eigenvalue weighted by Gasteiger charge is -2.31. The van der Waals surface area contributed by atoms with Gasteiger partial charge in [-0.1, -0.05) is 31.2 Å². The van der Waals surface area contributed by atoms with Gasteiger partial charge in [0, 0.05) is 12.1 Å². The highest BCUT2D eigenvalue weighted by atomic mass is 19.1. The summed E-state index contributed by atoms with van der Waals surface area (Å²) in [5, 5.41) is 0. The summed E-state index contributed by atoms with van der Waals surface area (Å²) < 4.78 is 13.4. The van der Waals surface area contributed by atoms with Crippen molar-refractivity contribution < 1.29 is 9.18 Å². The van der Waals surface area contributed by atoms with Crippen LogP contribution < -0.4 is 4.90 Å². The number of amides is 1. The molecule has 0 saturated carbocycles. The predicted octanol–water partition coefficient (Wildman–Crippen LogP) is 3.98. The van der Waals surface area contributed by atoms with E-state index in [4.69, 9.17) is 0 Å². The first-order chi connectivity index (χ1) is 10.2. The minimum Gasteiger partial charge on any atom is -0.308 e. The molecule has 0 radical (unpaired) electrons. The van der Waals surface area contributed by atoms with Crippen LogP contribution in [0.25, 0.3) is 0 Å². The Bertz CT molecular complexity index is 666. The van der Waals surface area contributed by atoms with Crippen LogP contribution in [-0.4, -0.2) is 12.5 Å². The summed E-state index contributed by atoms with van der Waals surface area (Å²) in [5.74, 6) is -0.488. The second-order valence-electron chi connectivity index (χ2n) is 5.35. The van der Waals surface area contributed by atoms with Gasteiger partial charge in [-0.25, -0.2) is 4.39 Å². The molecule has 2 aromatic carbocycles. The van der Waals surface area contributed by atoms with E-state index in [-0.39, 0.29) is 11.7 Å². The third kappa shape index (κ3) is 2.56. The van der Waals surface area contributed by atoms with Crippen molar-refractivity contribution in [3.05, 3.63) is 65.0 Å². The van der Waals surface area contributed by atoms with Crippen LogP contribution in [0, 0.1) is 5.82 Å². The molecule has 0 atom stereocenters. The summed E-state index contributed by atoms with van der Waals surface area (Å²) in [6.45, 7) is 2.79. The Kier molecular flexibility index (Phi) is 3.74. The van der Waals surface area contributed by atoms with Gasteiger partial charge in [-0.05, 0) is 48.6 Å². The number of benzene rings is 2. The number of anilines is 1. The molecule has 2 nitrogen and oxygen atoms in total. The molecule has 1 heterocycles. The molecular formula is C18H18FNO. The molecule has 0 N–H and O–H groups in total. The Morgan fingerprint density at radius 3 is 2.81 bits per heavy atom. The lowest BCUT2D eigenvalue weighted by Crippen LogP contribution is -2.36.